The second kappa shape index (κ2) is 7.20. The summed E-state index contributed by atoms with van der Waals surface area (Å²) in [4.78, 5) is 15.1. The number of carboxylic acid groups (broad SMARTS) is 1. The Morgan fingerprint density at radius 3 is 2.46 bits per heavy atom. The van der Waals surface area contributed by atoms with E-state index in [1.807, 2.05) is 0 Å². The van der Waals surface area contributed by atoms with Gasteiger partial charge < -0.3 is 10.2 Å². The third-order valence-corrected chi connectivity index (χ3v) is 5.24. The minimum Gasteiger partial charge on any atom is -0.506 e. The van der Waals surface area contributed by atoms with Gasteiger partial charge in [0.25, 0.3) is 11.3 Å². The first kappa shape index (κ1) is 18.0. The number of aromatic nitrogens is 1. The number of hydrogen-bond donors (Lipinski definition) is 3. The van der Waals surface area contributed by atoms with Gasteiger partial charge in [-0.2, -0.15) is 0 Å². The molecule has 0 fully saturated rings. The van der Waals surface area contributed by atoms with Crippen molar-refractivity contribution in [2.45, 2.75) is 0 Å². The molecule has 1 aromatic heterocycles. The zero-order chi connectivity index (χ0) is 18.8. The Balaban J connectivity index is 2.01. The quantitative estimate of drug-likeness (QED) is 0.570. The average molecular weight is 394 g/mol. The predicted octanol–water partition coefficient (Wildman–Crippen LogP) is 3.63. The molecule has 10 heteroatoms. The molecule has 1 unspecified atom stereocenters. The maximum absolute atomic E-state index is 13.0. The smallest absolute Gasteiger partial charge is 0.335 e. The van der Waals surface area contributed by atoms with Gasteiger partial charge in [-0.05, 0) is 42.5 Å². The molecule has 26 heavy (non-hydrogen) atoms. The van der Waals surface area contributed by atoms with E-state index in [9.17, 15) is 23.1 Å². The molecule has 0 saturated carbocycles. The topological polar surface area (TPSA) is 111 Å². The van der Waals surface area contributed by atoms with Crippen molar-refractivity contribution >= 4 is 39.3 Å². The van der Waals surface area contributed by atoms with Gasteiger partial charge in [0.15, 0.2) is 0 Å². The average Bonchev–Trinajstić information content (AvgIpc) is 3.06. The van der Waals surface area contributed by atoms with Crippen LogP contribution in [0, 0.1) is 5.82 Å². The number of rotatable bonds is 5. The summed E-state index contributed by atoms with van der Waals surface area (Å²) in [5, 5.41) is 19.7. The van der Waals surface area contributed by atoms with Crippen LogP contribution in [0.3, 0.4) is 0 Å². The molecular formula is C16H11FN2O5S2. The third-order valence-electron chi connectivity index (χ3n) is 3.38. The SMILES string of the molecule is O=C(O)c1ccc(N(c2cnc(-c3ccc(F)cc3)s2)S(=O)O)c(O)c1. The first-order valence-corrected chi connectivity index (χ1v) is 8.94. The lowest BCUT2D eigenvalue weighted by Gasteiger charge is -2.18. The zero-order valence-electron chi connectivity index (χ0n) is 12.9. The van der Waals surface area contributed by atoms with E-state index in [2.05, 4.69) is 4.98 Å². The molecule has 0 radical (unpaired) electrons. The van der Waals surface area contributed by atoms with E-state index in [4.69, 9.17) is 5.11 Å². The molecule has 7 nitrogen and oxygen atoms in total. The maximum Gasteiger partial charge on any atom is 0.335 e. The number of halogens is 1. The van der Waals surface area contributed by atoms with Gasteiger partial charge in [0.05, 0.1) is 17.4 Å². The molecular weight excluding hydrogens is 383 g/mol. The van der Waals surface area contributed by atoms with Crippen LogP contribution in [0.1, 0.15) is 10.4 Å². The summed E-state index contributed by atoms with van der Waals surface area (Å²) in [6, 6.07) is 9.01. The first-order chi connectivity index (χ1) is 12.4. The van der Waals surface area contributed by atoms with Crippen molar-refractivity contribution in [3.63, 3.8) is 0 Å². The summed E-state index contributed by atoms with van der Waals surface area (Å²) < 4.78 is 35.4. The highest BCUT2D eigenvalue weighted by Gasteiger charge is 2.22. The van der Waals surface area contributed by atoms with Gasteiger partial charge in [-0.1, -0.05) is 11.3 Å². The van der Waals surface area contributed by atoms with E-state index >= 15 is 0 Å². The summed E-state index contributed by atoms with van der Waals surface area (Å²) in [5.41, 5.74) is 0.410. The molecule has 0 aliphatic carbocycles. The van der Waals surface area contributed by atoms with E-state index in [-0.39, 0.29) is 16.3 Å². The molecule has 0 aliphatic rings. The summed E-state index contributed by atoms with van der Waals surface area (Å²) in [6.45, 7) is 0. The molecule has 3 rings (SSSR count). The number of carboxylic acids is 1. The van der Waals surface area contributed by atoms with Crippen LogP contribution in [0.4, 0.5) is 15.1 Å². The van der Waals surface area contributed by atoms with Gasteiger partial charge in [0, 0.05) is 5.56 Å². The van der Waals surface area contributed by atoms with Gasteiger partial charge >= 0.3 is 5.97 Å². The van der Waals surface area contributed by atoms with Crippen LogP contribution in [-0.2, 0) is 11.3 Å². The number of thiazole rings is 1. The van der Waals surface area contributed by atoms with E-state index in [1.165, 1.54) is 42.6 Å². The lowest BCUT2D eigenvalue weighted by molar-refractivity contribution is 0.0696. The van der Waals surface area contributed by atoms with Crippen molar-refractivity contribution in [2.24, 2.45) is 0 Å². The van der Waals surface area contributed by atoms with E-state index in [0.29, 0.717) is 10.6 Å². The number of benzene rings is 2. The fourth-order valence-electron chi connectivity index (χ4n) is 2.19. The van der Waals surface area contributed by atoms with Crippen LogP contribution in [0.25, 0.3) is 10.6 Å². The van der Waals surface area contributed by atoms with Crippen molar-refractivity contribution in [2.75, 3.05) is 4.31 Å². The largest absolute Gasteiger partial charge is 0.506 e. The van der Waals surface area contributed by atoms with Gasteiger partial charge in [-0.25, -0.2) is 22.7 Å². The highest BCUT2D eigenvalue weighted by molar-refractivity contribution is 7.81. The lowest BCUT2D eigenvalue weighted by atomic mass is 10.2. The number of hydrogen-bond acceptors (Lipinski definition) is 5. The molecule has 2 aromatic carbocycles. The summed E-state index contributed by atoms with van der Waals surface area (Å²) in [5.74, 6) is -2.10. The van der Waals surface area contributed by atoms with Crippen LogP contribution in [0.2, 0.25) is 0 Å². The van der Waals surface area contributed by atoms with Crippen LogP contribution in [0.5, 0.6) is 5.75 Å². The van der Waals surface area contributed by atoms with Crippen molar-refractivity contribution < 1.29 is 28.2 Å². The molecule has 1 atom stereocenters. The Morgan fingerprint density at radius 2 is 1.88 bits per heavy atom. The van der Waals surface area contributed by atoms with Crippen molar-refractivity contribution in [1.29, 1.82) is 0 Å². The van der Waals surface area contributed by atoms with E-state index < -0.39 is 28.8 Å². The zero-order valence-corrected chi connectivity index (χ0v) is 14.5. The minimum atomic E-state index is -2.54. The molecule has 0 amide bonds. The van der Waals surface area contributed by atoms with Crippen molar-refractivity contribution in [3.8, 4) is 16.3 Å². The molecule has 0 aliphatic heterocycles. The Bertz CT molecular complexity index is 991. The van der Waals surface area contributed by atoms with Crippen LogP contribution in [0.15, 0.2) is 48.7 Å². The van der Waals surface area contributed by atoms with Crippen LogP contribution < -0.4 is 4.31 Å². The molecule has 3 aromatic rings. The number of phenols is 1. The number of aromatic carboxylic acids is 1. The minimum absolute atomic E-state index is 0.0508. The number of aromatic hydroxyl groups is 1. The van der Waals surface area contributed by atoms with Crippen molar-refractivity contribution in [1.82, 2.24) is 4.98 Å². The Labute approximate surface area is 153 Å². The summed E-state index contributed by atoms with van der Waals surface area (Å²) in [7, 11) is 0. The molecule has 0 saturated heterocycles. The number of nitrogens with zero attached hydrogens (tertiary/aromatic N) is 2. The normalized spacial score (nSPS) is 11.9. The van der Waals surface area contributed by atoms with Gasteiger partial charge in [0.1, 0.15) is 21.6 Å². The fraction of sp³-hybridized carbons (Fsp3) is 0. The van der Waals surface area contributed by atoms with Crippen molar-refractivity contribution in [3.05, 3.63) is 60.0 Å². The molecule has 134 valence electrons. The second-order valence-corrected chi connectivity index (χ2v) is 6.88. The van der Waals surface area contributed by atoms with Crippen LogP contribution in [-0.4, -0.2) is 29.9 Å². The fourth-order valence-corrected chi connectivity index (χ4v) is 3.86. The van der Waals surface area contributed by atoms with Crippen LogP contribution >= 0.6 is 11.3 Å². The Hall–Kier alpha value is -2.82. The molecule has 3 N–H and O–H groups in total. The Kier molecular flexibility index (Phi) is 4.98. The lowest BCUT2D eigenvalue weighted by Crippen LogP contribution is -2.18. The summed E-state index contributed by atoms with van der Waals surface area (Å²) >= 11 is -1.49. The van der Waals surface area contributed by atoms with Gasteiger partial charge in [-0.3, -0.25) is 4.55 Å². The maximum atomic E-state index is 13.0. The molecule has 1 heterocycles. The van der Waals surface area contributed by atoms with Gasteiger partial charge in [-0.15, -0.1) is 0 Å². The van der Waals surface area contributed by atoms with Gasteiger partial charge in [0.2, 0.25) is 0 Å². The Morgan fingerprint density at radius 1 is 1.19 bits per heavy atom. The number of phenolic OH excluding ortho intramolecular Hbond substituents is 1. The first-order valence-electron chi connectivity index (χ1n) is 7.06. The van der Waals surface area contributed by atoms with E-state index in [0.717, 1.165) is 21.7 Å². The third kappa shape index (κ3) is 3.57. The highest BCUT2D eigenvalue weighted by atomic mass is 32.2. The highest BCUT2D eigenvalue weighted by Crippen LogP contribution is 2.39. The monoisotopic (exact) mass is 394 g/mol. The van der Waals surface area contributed by atoms with E-state index in [1.54, 1.807) is 0 Å². The second-order valence-electron chi connectivity index (χ2n) is 5.04. The number of anilines is 2. The molecule has 0 spiro atoms. The summed E-state index contributed by atoms with van der Waals surface area (Å²) in [6.07, 6.45) is 1.34. The predicted molar refractivity (Wildman–Crippen MR) is 95.5 cm³/mol. The molecule has 0 bridgehead atoms. The standard InChI is InChI=1S/C16H11FN2O5S2/c17-11-4-1-9(2-5-11)15-18-8-14(25-15)19(26(23)24)12-6-3-10(16(21)22)7-13(12)20/h1-8,20H,(H,21,22)(H,23,24). The number of carbonyl (C=O) groups is 1.